The van der Waals surface area contributed by atoms with Crippen LogP contribution in [-0.2, 0) is 4.43 Å². The molecule has 0 atom stereocenters. The average Bonchev–Trinajstić information content (AvgIpc) is 2.26. The molecule has 0 bridgehead atoms. The van der Waals surface area contributed by atoms with Gasteiger partial charge in [-0.25, -0.2) is 0 Å². The molecule has 0 aromatic heterocycles. The van der Waals surface area contributed by atoms with E-state index in [-0.39, 0.29) is 5.04 Å². The Morgan fingerprint density at radius 3 is 2.22 bits per heavy atom. The van der Waals surface area contributed by atoms with Crippen molar-refractivity contribution < 1.29 is 9.16 Å². The quantitative estimate of drug-likeness (QED) is 0.580. The molecule has 0 N–H and O–H groups in total. The molecule has 1 aromatic rings. The van der Waals surface area contributed by atoms with Gasteiger partial charge in [-0.05, 0) is 30.3 Å². The third-order valence-corrected chi connectivity index (χ3v) is 7.96. The molecule has 0 unspecified atom stereocenters. The van der Waals surface area contributed by atoms with Crippen molar-refractivity contribution in [1.29, 1.82) is 0 Å². The Morgan fingerprint density at radius 2 is 1.72 bits per heavy atom. The molecule has 0 aliphatic carbocycles. The topological polar surface area (TPSA) is 18.5 Å². The molecule has 2 nitrogen and oxygen atoms in total. The van der Waals surface area contributed by atoms with Crippen molar-refractivity contribution in [2.45, 2.75) is 38.9 Å². The van der Waals surface area contributed by atoms with E-state index >= 15 is 0 Å². The predicted molar refractivity (Wildman–Crippen MR) is 80.3 cm³/mol. The summed E-state index contributed by atoms with van der Waals surface area (Å²) in [5.74, 6) is 1.51. The van der Waals surface area contributed by atoms with Gasteiger partial charge in [0.1, 0.15) is 11.5 Å². The molecule has 0 saturated carbocycles. The molecule has 0 aliphatic rings. The van der Waals surface area contributed by atoms with E-state index in [1.807, 2.05) is 24.3 Å². The molecule has 0 saturated heterocycles. The Hall–Kier alpha value is -1.22. The Balaban J connectivity index is 2.96. The zero-order chi connectivity index (χ0) is 14.0. The number of hydrogen-bond acceptors (Lipinski definition) is 2. The average molecular weight is 264 g/mol. The van der Waals surface area contributed by atoms with E-state index in [1.165, 1.54) is 0 Å². The molecule has 0 amide bonds. The lowest BCUT2D eigenvalue weighted by Crippen LogP contribution is -2.40. The highest BCUT2D eigenvalue weighted by atomic mass is 28.4. The lowest BCUT2D eigenvalue weighted by atomic mass is 10.2. The second kappa shape index (κ2) is 5.18. The second-order valence-corrected chi connectivity index (χ2v) is 10.7. The molecular formula is C15H24O2Si. The van der Waals surface area contributed by atoms with E-state index in [9.17, 15) is 0 Å². The molecule has 18 heavy (non-hydrogen) atoms. The van der Waals surface area contributed by atoms with Crippen molar-refractivity contribution >= 4 is 14.1 Å². The van der Waals surface area contributed by atoms with Crippen LogP contribution in [0.25, 0.3) is 5.76 Å². The van der Waals surface area contributed by atoms with Crippen LogP contribution in [0.5, 0.6) is 5.75 Å². The van der Waals surface area contributed by atoms with Crippen LogP contribution in [0, 0.1) is 0 Å². The number of ether oxygens (including phenoxy) is 1. The summed E-state index contributed by atoms with van der Waals surface area (Å²) in [5, 5.41) is 0.165. The zero-order valence-electron chi connectivity index (χ0n) is 12.3. The van der Waals surface area contributed by atoms with Crippen molar-refractivity contribution in [1.82, 2.24) is 0 Å². The summed E-state index contributed by atoms with van der Waals surface area (Å²) < 4.78 is 11.5. The molecule has 0 heterocycles. The van der Waals surface area contributed by atoms with Gasteiger partial charge in [0.05, 0.1) is 12.7 Å². The molecule has 3 heteroatoms. The van der Waals surface area contributed by atoms with Gasteiger partial charge < -0.3 is 9.16 Å². The van der Waals surface area contributed by atoms with Gasteiger partial charge in [0.15, 0.2) is 0 Å². The van der Waals surface area contributed by atoms with Crippen molar-refractivity contribution in [3.8, 4) is 5.75 Å². The summed E-state index contributed by atoms with van der Waals surface area (Å²) in [5.41, 5.74) is 0.935. The van der Waals surface area contributed by atoms with Gasteiger partial charge in [0.25, 0.3) is 0 Å². The van der Waals surface area contributed by atoms with Gasteiger partial charge in [0.2, 0.25) is 8.32 Å². The number of methoxy groups -OCH3 is 1. The number of para-hydroxylation sites is 1. The third kappa shape index (κ3) is 3.16. The smallest absolute Gasteiger partial charge is 0.250 e. The zero-order valence-corrected chi connectivity index (χ0v) is 13.3. The maximum absolute atomic E-state index is 6.20. The summed E-state index contributed by atoms with van der Waals surface area (Å²) in [6.07, 6.45) is 0. The van der Waals surface area contributed by atoms with Gasteiger partial charge in [-0.15, -0.1) is 0 Å². The van der Waals surface area contributed by atoms with Gasteiger partial charge in [-0.3, -0.25) is 0 Å². The first-order chi connectivity index (χ1) is 8.19. The first-order valence-corrected chi connectivity index (χ1v) is 9.11. The van der Waals surface area contributed by atoms with Crippen LogP contribution in [0.1, 0.15) is 26.3 Å². The first-order valence-electron chi connectivity index (χ1n) is 6.20. The molecule has 0 radical (unpaired) electrons. The first kappa shape index (κ1) is 14.8. The van der Waals surface area contributed by atoms with E-state index in [4.69, 9.17) is 9.16 Å². The lowest BCUT2D eigenvalue weighted by molar-refractivity contribution is 0.406. The minimum atomic E-state index is -1.84. The van der Waals surface area contributed by atoms with Crippen LogP contribution >= 0.6 is 0 Å². The minimum absolute atomic E-state index is 0.165. The molecular weight excluding hydrogens is 240 g/mol. The standard InChI is InChI=1S/C15H24O2Si/c1-12(17-18(6,7)15(2,3)4)13-10-8-9-11-14(13)16-5/h8-11H,1H2,2-7H3. The fraction of sp³-hybridized carbons (Fsp3) is 0.467. The molecule has 1 rings (SSSR count). The number of hydrogen-bond donors (Lipinski definition) is 0. The minimum Gasteiger partial charge on any atom is -0.543 e. The maximum Gasteiger partial charge on any atom is 0.250 e. The maximum atomic E-state index is 6.20. The van der Waals surface area contributed by atoms with Gasteiger partial charge in [0, 0.05) is 0 Å². The molecule has 100 valence electrons. The van der Waals surface area contributed by atoms with Crippen LogP contribution in [0.4, 0.5) is 0 Å². The van der Waals surface area contributed by atoms with Crippen LogP contribution in [0.15, 0.2) is 30.8 Å². The second-order valence-electron chi connectivity index (χ2n) is 5.99. The Morgan fingerprint density at radius 1 is 1.17 bits per heavy atom. The highest BCUT2D eigenvalue weighted by Crippen LogP contribution is 2.40. The van der Waals surface area contributed by atoms with E-state index in [0.29, 0.717) is 5.76 Å². The fourth-order valence-corrected chi connectivity index (χ4v) is 2.42. The van der Waals surface area contributed by atoms with E-state index in [0.717, 1.165) is 11.3 Å². The van der Waals surface area contributed by atoms with Crippen molar-refractivity contribution in [2.75, 3.05) is 7.11 Å². The van der Waals surface area contributed by atoms with Crippen LogP contribution < -0.4 is 4.74 Å². The molecule has 0 spiro atoms. The Kier molecular flexibility index (Phi) is 4.27. The third-order valence-electron chi connectivity index (χ3n) is 3.59. The Bertz CT molecular complexity index is 430. The fourth-order valence-electron chi connectivity index (χ4n) is 1.39. The summed E-state index contributed by atoms with van der Waals surface area (Å²) >= 11 is 0. The summed E-state index contributed by atoms with van der Waals surface area (Å²) in [6, 6.07) is 7.82. The molecule has 1 aromatic carbocycles. The summed E-state index contributed by atoms with van der Waals surface area (Å²) in [7, 11) is -0.176. The molecule has 0 aliphatic heterocycles. The Labute approximate surface area is 112 Å². The molecule has 0 fully saturated rings. The van der Waals surface area contributed by atoms with E-state index < -0.39 is 8.32 Å². The van der Waals surface area contributed by atoms with Crippen LogP contribution in [-0.4, -0.2) is 15.4 Å². The van der Waals surface area contributed by atoms with Crippen molar-refractivity contribution in [3.63, 3.8) is 0 Å². The van der Waals surface area contributed by atoms with Crippen molar-refractivity contribution in [3.05, 3.63) is 36.4 Å². The van der Waals surface area contributed by atoms with Gasteiger partial charge >= 0.3 is 0 Å². The largest absolute Gasteiger partial charge is 0.543 e. The van der Waals surface area contributed by atoms with Crippen LogP contribution in [0.3, 0.4) is 0 Å². The van der Waals surface area contributed by atoms with E-state index in [2.05, 4.69) is 40.4 Å². The monoisotopic (exact) mass is 264 g/mol. The van der Waals surface area contributed by atoms with Crippen molar-refractivity contribution in [2.24, 2.45) is 0 Å². The highest BCUT2D eigenvalue weighted by Gasteiger charge is 2.39. The van der Waals surface area contributed by atoms with Gasteiger partial charge in [-0.2, -0.15) is 0 Å². The normalized spacial score (nSPS) is 12.1. The predicted octanol–water partition coefficient (Wildman–Crippen LogP) is 4.69. The number of benzene rings is 1. The van der Waals surface area contributed by atoms with E-state index in [1.54, 1.807) is 7.11 Å². The summed E-state index contributed by atoms with van der Waals surface area (Å²) in [6.45, 7) is 15.1. The highest BCUT2D eigenvalue weighted by molar-refractivity contribution is 6.74. The lowest BCUT2D eigenvalue weighted by Gasteiger charge is -2.37. The SMILES string of the molecule is C=C(O[Si](C)(C)C(C)(C)C)c1ccccc1OC. The van der Waals surface area contributed by atoms with Crippen LogP contribution in [0.2, 0.25) is 18.1 Å². The van der Waals surface area contributed by atoms with Gasteiger partial charge in [-0.1, -0.05) is 39.5 Å². The summed E-state index contributed by atoms with van der Waals surface area (Å²) in [4.78, 5) is 0. The number of rotatable bonds is 4.